The average Bonchev–Trinajstić information content (AvgIpc) is 1.77. The second-order valence-corrected chi connectivity index (χ2v) is 1.56. The summed E-state index contributed by atoms with van der Waals surface area (Å²) in [6, 6.07) is 0. The fourth-order valence-electron chi connectivity index (χ4n) is 0.488. The van der Waals surface area contributed by atoms with Gasteiger partial charge in [-0.05, 0) is 30.5 Å². The molecule has 0 N–H and O–H groups in total. The first-order chi connectivity index (χ1) is 3.80. The minimum Gasteiger partial charge on any atom is -0.731 e. The highest BCUT2D eigenvalue weighted by Crippen LogP contribution is 2.02. The summed E-state index contributed by atoms with van der Waals surface area (Å²) >= 11 is 0. The van der Waals surface area contributed by atoms with E-state index < -0.39 is 0 Å². The maximum atomic E-state index is 8.79. The van der Waals surface area contributed by atoms with Crippen LogP contribution in [0.1, 0.15) is 0 Å². The van der Waals surface area contributed by atoms with Crippen molar-refractivity contribution in [1.29, 1.82) is 0 Å². The van der Waals surface area contributed by atoms with Crippen LogP contribution in [0.2, 0.25) is 0 Å². The van der Waals surface area contributed by atoms with E-state index in [9.17, 15) is 0 Å². The fourth-order valence-corrected chi connectivity index (χ4v) is 0.488. The first kappa shape index (κ1) is 4.95. The van der Waals surface area contributed by atoms with Crippen LogP contribution in [-0.2, 0) is 0 Å². The Kier molecular flexibility index (Phi) is 1.07. The quantitative estimate of drug-likeness (QED) is 0.414. The van der Waals surface area contributed by atoms with E-state index in [1.807, 2.05) is 0 Å². The number of rotatable bonds is 0. The summed E-state index contributed by atoms with van der Waals surface area (Å²) in [6.45, 7) is 5.27. The van der Waals surface area contributed by atoms with E-state index in [1.165, 1.54) is 0 Å². The second kappa shape index (κ2) is 1.73. The van der Waals surface area contributed by atoms with Crippen LogP contribution in [0.15, 0.2) is 29.9 Å². The lowest BCUT2D eigenvalue weighted by atomic mass is 10.1. The highest BCUT2D eigenvalue weighted by molar-refractivity contribution is 6.12. The Balaban J connectivity index is 2.89. The molecule has 0 aliphatic heterocycles. The molecule has 0 bridgehead atoms. The van der Waals surface area contributed by atoms with Crippen LogP contribution in [-0.4, -0.2) is 5.71 Å². The molecule has 0 saturated carbocycles. The largest absolute Gasteiger partial charge is 0.731 e. The van der Waals surface area contributed by atoms with Crippen molar-refractivity contribution in [2.75, 3.05) is 0 Å². The molecule has 8 heavy (non-hydrogen) atoms. The van der Waals surface area contributed by atoms with Gasteiger partial charge in [0.05, 0.1) is 6.08 Å². The number of allylic oxidation sites excluding steroid dienone is 5. The zero-order valence-corrected chi connectivity index (χ0v) is 4.33. The van der Waals surface area contributed by atoms with Crippen LogP contribution >= 0.6 is 0 Å². The maximum absolute atomic E-state index is 8.79. The predicted octanol–water partition coefficient (Wildman–Crippen LogP) is 1.48. The summed E-state index contributed by atoms with van der Waals surface area (Å²) < 4.78 is 0. The van der Waals surface area contributed by atoms with Gasteiger partial charge >= 0.3 is 0 Å². The SMILES string of the molecule is [CH+]=C1C=CC=CC1=[N-]. The molecule has 1 rings (SSSR count). The topological polar surface area (TPSA) is 22.3 Å². The minimum atomic E-state index is 0.146. The van der Waals surface area contributed by atoms with Crippen molar-refractivity contribution in [1.82, 2.24) is 0 Å². The van der Waals surface area contributed by atoms with E-state index in [4.69, 9.17) is 12.0 Å². The standard InChI is InChI=1S/C7H5N/c1-6-4-2-3-5-7(6)8/h1-5H. The molecule has 0 aromatic heterocycles. The molecule has 1 nitrogen and oxygen atoms in total. The first-order valence-electron chi connectivity index (χ1n) is 2.34. The van der Waals surface area contributed by atoms with Gasteiger partial charge in [-0.3, -0.25) is 0 Å². The average molecular weight is 103 g/mol. The first-order valence-corrected chi connectivity index (χ1v) is 2.34. The smallest absolute Gasteiger partial charge is 0.166 e. The van der Waals surface area contributed by atoms with E-state index in [0.29, 0.717) is 5.57 Å². The van der Waals surface area contributed by atoms with Crippen molar-refractivity contribution in [3.63, 3.8) is 0 Å². The molecule has 0 fully saturated rings. The molecule has 1 aliphatic rings. The van der Waals surface area contributed by atoms with E-state index in [2.05, 4.69) is 0 Å². The third-order valence-corrected chi connectivity index (χ3v) is 0.937. The third kappa shape index (κ3) is 0.722. The Bertz CT molecular complexity index is 163. The molecule has 1 heteroatoms. The third-order valence-electron chi connectivity index (χ3n) is 0.937. The Hall–Kier alpha value is -1.20. The van der Waals surface area contributed by atoms with Crippen LogP contribution in [0.5, 0.6) is 0 Å². The van der Waals surface area contributed by atoms with Gasteiger partial charge in [-0.1, -0.05) is 0 Å². The van der Waals surface area contributed by atoms with Gasteiger partial charge < -0.3 is 5.41 Å². The Morgan fingerprint density at radius 2 is 1.88 bits per heavy atom. The van der Waals surface area contributed by atoms with Crippen LogP contribution in [0, 0.1) is 6.58 Å². The van der Waals surface area contributed by atoms with Gasteiger partial charge in [0, 0.05) is 0 Å². The van der Waals surface area contributed by atoms with Crippen molar-refractivity contribution in [2.45, 2.75) is 0 Å². The highest BCUT2D eigenvalue weighted by Gasteiger charge is 1.98. The molecule has 0 aromatic rings. The molecule has 38 valence electrons. The van der Waals surface area contributed by atoms with E-state index >= 15 is 0 Å². The Morgan fingerprint density at radius 3 is 2.25 bits per heavy atom. The summed E-state index contributed by atoms with van der Waals surface area (Å²) in [5.41, 5.74) is 0.569. The minimum absolute atomic E-state index is 0.146. The molecule has 0 saturated heterocycles. The van der Waals surface area contributed by atoms with E-state index in [0.717, 1.165) is 0 Å². The molecular formula is C7H5N. The second-order valence-electron chi connectivity index (χ2n) is 1.56. The van der Waals surface area contributed by atoms with Gasteiger partial charge in [0.15, 0.2) is 5.57 Å². The Labute approximate surface area is 48.5 Å². The zero-order chi connectivity index (χ0) is 5.98. The van der Waals surface area contributed by atoms with E-state index in [1.54, 1.807) is 24.3 Å². The molecular weight excluding hydrogens is 98.1 g/mol. The summed E-state index contributed by atoms with van der Waals surface area (Å²) in [5.74, 6) is 0. The molecule has 0 amide bonds. The molecule has 0 radical (unpaired) electrons. The lowest BCUT2D eigenvalue weighted by Gasteiger charge is -1.96. The number of hydrogen-bond donors (Lipinski definition) is 0. The molecule has 1 aliphatic carbocycles. The van der Waals surface area contributed by atoms with Crippen molar-refractivity contribution in [2.24, 2.45) is 0 Å². The Morgan fingerprint density at radius 1 is 1.25 bits per heavy atom. The number of nitrogens with zero attached hydrogens (tertiary/aromatic N) is 1. The highest BCUT2D eigenvalue weighted by atomic mass is 14.4. The van der Waals surface area contributed by atoms with Crippen LogP contribution in [0.4, 0.5) is 0 Å². The van der Waals surface area contributed by atoms with Gasteiger partial charge in [-0.2, -0.15) is 0 Å². The number of hydrogen-bond acceptors (Lipinski definition) is 0. The van der Waals surface area contributed by atoms with Crippen molar-refractivity contribution >= 4 is 5.71 Å². The monoisotopic (exact) mass is 103 g/mol. The van der Waals surface area contributed by atoms with Crippen molar-refractivity contribution < 1.29 is 0 Å². The molecule has 0 aromatic carbocycles. The van der Waals surface area contributed by atoms with Crippen molar-refractivity contribution in [3.05, 3.63) is 41.9 Å². The fraction of sp³-hybridized carbons (Fsp3) is 0. The van der Waals surface area contributed by atoms with Crippen molar-refractivity contribution in [3.8, 4) is 0 Å². The van der Waals surface area contributed by atoms with Crippen LogP contribution in [0.25, 0.3) is 5.41 Å². The van der Waals surface area contributed by atoms with Crippen LogP contribution < -0.4 is 0 Å². The lowest BCUT2D eigenvalue weighted by Crippen LogP contribution is -1.93. The molecule has 0 atom stereocenters. The lowest BCUT2D eigenvalue weighted by molar-refractivity contribution is 1.77. The van der Waals surface area contributed by atoms with E-state index in [-0.39, 0.29) is 5.71 Å². The van der Waals surface area contributed by atoms with Gasteiger partial charge in [-0.25, -0.2) is 0 Å². The summed E-state index contributed by atoms with van der Waals surface area (Å²) in [4.78, 5) is 0. The summed E-state index contributed by atoms with van der Waals surface area (Å²) in [7, 11) is 0. The molecule has 0 spiro atoms. The summed E-state index contributed by atoms with van der Waals surface area (Å²) in [5, 5.41) is 8.79. The normalized spacial score (nSPS) is 17.4. The van der Waals surface area contributed by atoms with Gasteiger partial charge in [0.1, 0.15) is 0 Å². The summed E-state index contributed by atoms with van der Waals surface area (Å²) in [6.07, 6.45) is 6.70. The predicted molar refractivity (Wildman–Crippen MR) is 34.5 cm³/mol. The van der Waals surface area contributed by atoms with Gasteiger partial charge in [0.2, 0.25) is 0 Å². The maximum Gasteiger partial charge on any atom is 0.166 e. The molecule has 0 unspecified atom stereocenters. The molecule has 0 heterocycles. The zero-order valence-electron chi connectivity index (χ0n) is 4.33. The van der Waals surface area contributed by atoms with Gasteiger partial charge in [0.25, 0.3) is 0 Å². The van der Waals surface area contributed by atoms with Gasteiger partial charge in [-0.15, -0.1) is 0 Å². The van der Waals surface area contributed by atoms with Crippen LogP contribution in [0.3, 0.4) is 0 Å².